The summed E-state index contributed by atoms with van der Waals surface area (Å²) in [6.07, 6.45) is 3.87. The Kier molecular flexibility index (Phi) is 3.22. The minimum Gasteiger partial charge on any atom is -0.390 e. The zero-order valence-corrected chi connectivity index (χ0v) is 10.9. The molecule has 2 atom stereocenters. The third kappa shape index (κ3) is 2.10. The maximum atomic E-state index is 9.17. The van der Waals surface area contributed by atoms with E-state index in [0.717, 1.165) is 30.6 Å². The molecule has 4 nitrogen and oxygen atoms in total. The summed E-state index contributed by atoms with van der Waals surface area (Å²) in [5.41, 5.74) is 0.760. The molecule has 18 heavy (non-hydrogen) atoms. The monoisotopic (exact) mass is 247 g/mol. The minimum absolute atomic E-state index is 0.0215. The molecule has 0 saturated carbocycles. The fraction of sp³-hybridized carbons (Fsp3) is 0.643. The summed E-state index contributed by atoms with van der Waals surface area (Å²) >= 11 is 0. The van der Waals surface area contributed by atoms with Crippen LogP contribution in [0.25, 0.3) is 0 Å². The van der Waals surface area contributed by atoms with Gasteiger partial charge < -0.3 is 10.0 Å². The van der Waals surface area contributed by atoms with E-state index in [9.17, 15) is 5.11 Å². The largest absolute Gasteiger partial charge is 0.390 e. The first-order valence-electron chi connectivity index (χ1n) is 6.81. The van der Waals surface area contributed by atoms with E-state index in [-0.39, 0.29) is 6.61 Å². The van der Waals surface area contributed by atoms with Crippen molar-refractivity contribution in [3.8, 4) is 0 Å². The topological polar surface area (TPSA) is 39.6 Å². The third-order valence-electron chi connectivity index (χ3n) is 4.43. The zero-order valence-electron chi connectivity index (χ0n) is 10.9. The van der Waals surface area contributed by atoms with Crippen molar-refractivity contribution in [1.29, 1.82) is 0 Å². The number of hydrogen-bond acceptors (Lipinski definition) is 4. The Labute approximate surface area is 108 Å². The Morgan fingerprint density at radius 1 is 1.28 bits per heavy atom. The third-order valence-corrected chi connectivity index (χ3v) is 4.43. The van der Waals surface area contributed by atoms with Crippen LogP contribution in [0.3, 0.4) is 0 Å². The van der Waals surface area contributed by atoms with E-state index < -0.39 is 0 Å². The van der Waals surface area contributed by atoms with Crippen LogP contribution in [0.1, 0.15) is 25.0 Å². The smallest absolute Gasteiger partial charge is 0.128 e. The molecule has 3 heterocycles. The van der Waals surface area contributed by atoms with Crippen molar-refractivity contribution in [3.05, 3.63) is 23.9 Å². The lowest BCUT2D eigenvalue weighted by Crippen LogP contribution is -2.37. The molecule has 0 amide bonds. The van der Waals surface area contributed by atoms with Crippen LogP contribution in [0.5, 0.6) is 0 Å². The van der Waals surface area contributed by atoms with Crippen molar-refractivity contribution >= 4 is 5.82 Å². The van der Waals surface area contributed by atoms with Gasteiger partial charge in [-0.05, 0) is 38.4 Å². The Bertz CT molecular complexity index is 423. The first kappa shape index (κ1) is 11.9. The average molecular weight is 247 g/mol. The molecule has 1 aromatic heterocycles. The molecule has 2 fully saturated rings. The highest BCUT2D eigenvalue weighted by atomic mass is 16.3. The number of fused-ring (bicyclic) bond motifs is 2. The van der Waals surface area contributed by atoms with Gasteiger partial charge in [-0.15, -0.1) is 0 Å². The van der Waals surface area contributed by atoms with Crippen LogP contribution >= 0.6 is 0 Å². The summed E-state index contributed by atoms with van der Waals surface area (Å²) in [6.45, 7) is 2.16. The van der Waals surface area contributed by atoms with Gasteiger partial charge in [0.25, 0.3) is 0 Å². The Morgan fingerprint density at radius 3 is 2.94 bits per heavy atom. The molecule has 0 aliphatic carbocycles. The van der Waals surface area contributed by atoms with Crippen LogP contribution in [0.2, 0.25) is 0 Å². The average Bonchev–Trinajstić information content (AvgIpc) is 2.63. The van der Waals surface area contributed by atoms with E-state index in [4.69, 9.17) is 0 Å². The van der Waals surface area contributed by atoms with Crippen molar-refractivity contribution in [2.45, 2.75) is 38.0 Å². The number of rotatable bonds is 2. The SMILES string of the molecule is CN1C2CCC1CN(c1cccc(CO)n1)CC2. The second kappa shape index (κ2) is 4.86. The Hall–Kier alpha value is -1.13. The highest BCUT2D eigenvalue weighted by Gasteiger charge is 2.34. The molecular weight excluding hydrogens is 226 g/mol. The predicted molar refractivity (Wildman–Crippen MR) is 71.6 cm³/mol. The lowest BCUT2D eigenvalue weighted by molar-refractivity contribution is 0.254. The van der Waals surface area contributed by atoms with Crippen molar-refractivity contribution < 1.29 is 5.11 Å². The standard InChI is InChI=1S/C14H21N3O/c1-16-12-5-6-13(16)9-17(8-7-12)14-4-2-3-11(10-18)15-14/h2-4,12-13,18H,5-10H2,1H3. The van der Waals surface area contributed by atoms with Gasteiger partial charge in [0, 0.05) is 25.2 Å². The Balaban J connectivity index is 1.80. The molecule has 2 bridgehead atoms. The molecule has 2 unspecified atom stereocenters. The van der Waals surface area contributed by atoms with Gasteiger partial charge in [-0.25, -0.2) is 4.98 Å². The maximum Gasteiger partial charge on any atom is 0.128 e. The minimum atomic E-state index is 0.0215. The summed E-state index contributed by atoms with van der Waals surface area (Å²) < 4.78 is 0. The van der Waals surface area contributed by atoms with E-state index >= 15 is 0 Å². The molecule has 0 aromatic carbocycles. The summed E-state index contributed by atoms with van der Waals surface area (Å²) in [4.78, 5) is 9.43. The first-order chi connectivity index (χ1) is 8.78. The number of aliphatic hydroxyl groups excluding tert-OH is 1. The van der Waals surface area contributed by atoms with Crippen molar-refractivity contribution in [2.75, 3.05) is 25.0 Å². The highest BCUT2D eigenvalue weighted by Crippen LogP contribution is 2.30. The van der Waals surface area contributed by atoms with E-state index in [1.807, 2.05) is 12.1 Å². The number of hydrogen-bond donors (Lipinski definition) is 1. The van der Waals surface area contributed by atoms with E-state index in [0.29, 0.717) is 6.04 Å². The van der Waals surface area contributed by atoms with Crippen LogP contribution in [-0.2, 0) is 6.61 Å². The molecule has 2 aliphatic rings. The number of aromatic nitrogens is 1. The van der Waals surface area contributed by atoms with Crippen LogP contribution in [-0.4, -0.2) is 47.2 Å². The van der Waals surface area contributed by atoms with Gasteiger partial charge in [0.2, 0.25) is 0 Å². The van der Waals surface area contributed by atoms with E-state index in [2.05, 4.69) is 27.9 Å². The van der Waals surface area contributed by atoms with Crippen LogP contribution in [0.4, 0.5) is 5.82 Å². The van der Waals surface area contributed by atoms with E-state index in [1.54, 1.807) is 0 Å². The van der Waals surface area contributed by atoms with Crippen LogP contribution < -0.4 is 4.90 Å². The van der Waals surface area contributed by atoms with Crippen molar-refractivity contribution in [2.24, 2.45) is 0 Å². The van der Waals surface area contributed by atoms with Gasteiger partial charge >= 0.3 is 0 Å². The number of aliphatic hydroxyl groups is 1. The molecule has 2 aliphatic heterocycles. The fourth-order valence-corrected chi connectivity index (χ4v) is 3.25. The van der Waals surface area contributed by atoms with Gasteiger partial charge in [0.15, 0.2) is 0 Å². The molecule has 0 radical (unpaired) electrons. The summed E-state index contributed by atoms with van der Waals surface area (Å²) in [5.74, 6) is 1.02. The first-order valence-corrected chi connectivity index (χ1v) is 6.81. The van der Waals surface area contributed by atoms with Gasteiger partial charge in [0.1, 0.15) is 5.82 Å². The molecule has 1 N–H and O–H groups in total. The second-order valence-electron chi connectivity index (χ2n) is 5.43. The molecule has 2 saturated heterocycles. The molecule has 0 spiro atoms. The normalized spacial score (nSPS) is 28.4. The molecular formula is C14H21N3O. The van der Waals surface area contributed by atoms with Gasteiger partial charge in [-0.2, -0.15) is 0 Å². The van der Waals surface area contributed by atoms with Gasteiger partial charge in [-0.3, -0.25) is 4.90 Å². The summed E-state index contributed by atoms with van der Waals surface area (Å²) in [5, 5.41) is 9.17. The molecule has 98 valence electrons. The maximum absolute atomic E-state index is 9.17. The Morgan fingerprint density at radius 2 is 2.11 bits per heavy atom. The van der Waals surface area contributed by atoms with Crippen LogP contribution in [0.15, 0.2) is 18.2 Å². The lowest BCUT2D eigenvalue weighted by Gasteiger charge is -2.26. The lowest BCUT2D eigenvalue weighted by atomic mass is 10.1. The zero-order chi connectivity index (χ0) is 12.5. The van der Waals surface area contributed by atoms with Crippen molar-refractivity contribution in [3.63, 3.8) is 0 Å². The predicted octanol–water partition coefficient (Wildman–Crippen LogP) is 1.25. The fourth-order valence-electron chi connectivity index (χ4n) is 3.25. The second-order valence-corrected chi connectivity index (χ2v) is 5.43. The number of likely N-dealkylation sites (N-methyl/N-ethyl adjacent to an activating group) is 1. The number of nitrogens with zero attached hydrogens (tertiary/aromatic N) is 3. The number of anilines is 1. The van der Waals surface area contributed by atoms with Gasteiger partial charge in [0.05, 0.1) is 12.3 Å². The summed E-state index contributed by atoms with van der Waals surface area (Å²) in [6, 6.07) is 7.33. The van der Waals surface area contributed by atoms with Crippen molar-refractivity contribution in [1.82, 2.24) is 9.88 Å². The highest BCUT2D eigenvalue weighted by molar-refractivity contribution is 5.40. The van der Waals surface area contributed by atoms with Gasteiger partial charge in [-0.1, -0.05) is 6.07 Å². The molecule has 3 rings (SSSR count). The van der Waals surface area contributed by atoms with Crippen LogP contribution in [0, 0.1) is 0 Å². The molecule has 1 aromatic rings. The molecule has 4 heteroatoms. The van der Waals surface area contributed by atoms with E-state index in [1.165, 1.54) is 19.3 Å². The summed E-state index contributed by atoms with van der Waals surface area (Å²) in [7, 11) is 2.25. The number of pyridine rings is 1. The quantitative estimate of drug-likeness (QED) is 0.853.